The number of hydrogen-bond acceptors (Lipinski definition) is 3. The molecule has 0 aliphatic rings. The highest BCUT2D eigenvalue weighted by Gasteiger charge is 2.42. The van der Waals surface area contributed by atoms with Crippen molar-refractivity contribution in [3.8, 4) is 0 Å². The van der Waals surface area contributed by atoms with Gasteiger partial charge in [-0.3, -0.25) is 9.59 Å². The Morgan fingerprint density at radius 1 is 0.972 bits per heavy atom. The first-order valence-electron chi connectivity index (χ1n) is 10.3. The molecule has 1 aromatic heterocycles. The number of anilines is 1. The predicted octanol–water partition coefficient (Wildman–Crippen LogP) is 7.32. The predicted molar refractivity (Wildman–Crippen MR) is 123 cm³/mol. The van der Waals surface area contributed by atoms with Gasteiger partial charge in [0.15, 0.2) is 5.78 Å². The Balaban J connectivity index is 1.74. The van der Waals surface area contributed by atoms with Gasteiger partial charge in [-0.2, -0.15) is 26.3 Å². The first-order valence-corrected chi connectivity index (χ1v) is 10.7. The van der Waals surface area contributed by atoms with Gasteiger partial charge in [-0.15, -0.1) is 0 Å². The van der Waals surface area contributed by atoms with Gasteiger partial charge in [0.05, 0.1) is 17.0 Å². The molecule has 0 saturated carbocycles. The van der Waals surface area contributed by atoms with Crippen LogP contribution in [-0.4, -0.2) is 22.9 Å². The minimum atomic E-state index is -4.94. The van der Waals surface area contributed by atoms with Crippen molar-refractivity contribution < 1.29 is 35.9 Å². The van der Waals surface area contributed by atoms with E-state index in [9.17, 15) is 35.9 Å². The smallest absolute Gasteiger partial charge is 0.322 e. The topological polar surface area (TPSA) is 59.1 Å². The molecule has 2 aromatic carbocycles. The Kier molecular flexibility index (Phi) is 8.19. The highest BCUT2D eigenvalue weighted by Crippen LogP contribution is 2.40. The van der Waals surface area contributed by atoms with Gasteiger partial charge < -0.3 is 5.32 Å². The SMILES string of the molecule is O=C(/C=C/c1cccc(NC(=O)c2cccnc2Cl)c1)CC(c1cccc(C(F)(F)F)c1)C(F)(F)F. The number of allylic oxidation sites excluding steroid dienone is 1. The lowest BCUT2D eigenvalue weighted by Gasteiger charge is -2.20. The van der Waals surface area contributed by atoms with E-state index in [1.165, 1.54) is 30.5 Å². The van der Waals surface area contributed by atoms with Crippen molar-refractivity contribution in [3.63, 3.8) is 0 Å². The average molecular weight is 527 g/mol. The third-order valence-corrected chi connectivity index (χ3v) is 5.33. The van der Waals surface area contributed by atoms with Crippen LogP contribution in [-0.2, 0) is 11.0 Å². The fraction of sp³-hybridized carbons (Fsp3) is 0.160. The van der Waals surface area contributed by atoms with Gasteiger partial charge in [-0.1, -0.05) is 48.0 Å². The molecule has 1 heterocycles. The zero-order chi connectivity index (χ0) is 26.5. The molecule has 4 nitrogen and oxygen atoms in total. The normalized spacial score (nSPS) is 13.0. The quantitative estimate of drug-likeness (QED) is 0.199. The Bertz CT molecular complexity index is 1290. The average Bonchev–Trinajstić information content (AvgIpc) is 2.80. The van der Waals surface area contributed by atoms with Crippen LogP contribution in [0.1, 0.15) is 39.4 Å². The zero-order valence-corrected chi connectivity index (χ0v) is 19.0. The summed E-state index contributed by atoms with van der Waals surface area (Å²) in [6, 6.07) is 11.9. The summed E-state index contributed by atoms with van der Waals surface area (Å²) in [5, 5.41) is 2.59. The highest BCUT2D eigenvalue weighted by atomic mass is 35.5. The lowest BCUT2D eigenvalue weighted by atomic mass is 9.91. The second-order valence-corrected chi connectivity index (χ2v) is 8.00. The number of carbonyl (C=O) groups is 2. The summed E-state index contributed by atoms with van der Waals surface area (Å²) in [5.41, 5.74) is -1.04. The number of carbonyl (C=O) groups excluding carboxylic acids is 2. The maximum atomic E-state index is 13.6. The van der Waals surface area contributed by atoms with E-state index in [0.29, 0.717) is 23.4 Å². The summed E-state index contributed by atoms with van der Waals surface area (Å²) < 4.78 is 79.6. The number of halogens is 7. The first kappa shape index (κ1) is 26.9. The minimum absolute atomic E-state index is 0.00311. The molecule has 1 amide bonds. The zero-order valence-electron chi connectivity index (χ0n) is 18.2. The van der Waals surface area contributed by atoms with Crippen LogP contribution in [0.5, 0.6) is 0 Å². The van der Waals surface area contributed by atoms with E-state index in [2.05, 4.69) is 10.3 Å². The fourth-order valence-electron chi connectivity index (χ4n) is 3.29. The number of aromatic nitrogens is 1. The van der Waals surface area contributed by atoms with Crippen molar-refractivity contribution in [1.29, 1.82) is 0 Å². The van der Waals surface area contributed by atoms with Crippen molar-refractivity contribution in [3.05, 3.63) is 100 Å². The van der Waals surface area contributed by atoms with Gasteiger partial charge in [0.1, 0.15) is 5.15 Å². The second kappa shape index (κ2) is 10.9. The number of rotatable bonds is 7. The molecular formula is C25H17ClF6N2O2. The van der Waals surface area contributed by atoms with Gasteiger partial charge in [0.25, 0.3) is 5.91 Å². The van der Waals surface area contributed by atoms with E-state index in [-0.39, 0.29) is 10.7 Å². The van der Waals surface area contributed by atoms with Crippen LogP contribution in [0.15, 0.2) is 72.9 Å². The summed E-state index contributed by atoms with van der Waals surface area (Å²) in [6.07, 6.45) is -7.26. The molecule has 0 bridgehead atoms. The van der Waals surface area contributed by atoms with E-state index in [1.54, 1.807) is 18.2 Å². The fourth-order valence-corrected chi connectivity index (χ4v) is 3.49. The second-order valence-electron chi connectivity index (χ2n) is 7.64. The molecule has 36 heavy (non-hydrogen) atoms. The lowest BCUT2D eigenvalue weighted by Crippen LogP contribution is -2.23. The van der Waals surface area contributed by atoms with Crippen molar-refractivity contribution in [2.24, 2.45) is 0 Å². The molecule has 0 radical (unpaired) electrons. The molecule has 0 aliphatic carbocycles. The molecule has 11 heteroatoms. The van der Waals surface area contributed by atoms with Crippen LogP contribution in [0.25, 0.3) is 6.08 Å². The number of nitrogens with one attached hydrogen (secondary N) is 1. The van der Waals surface area contributed by atoms with E-state index >= 15 is 0 Å². The van der Waals surface area contributed by atoms with Crippen molar-refractivity contribution in [2.45, 2.75) is 24.7 Å². The van der Waals surface area contributed by atoms with Crippen LogP contribution in [0, 0.1) is 0 Å². The van der Waals surface area contributed by atoms with Gasteiger partial charge in [-0.25, -0.2) is 4.98 Å². The summed E-state index contributed by atoms with van der Waals surface area (Å²) in [4.78, 5) is 28.5. The molecule has 0 spiro atoms. The van der Waals surface area contributed by atoms with E-state index < -0.39 is 47.5 Å². The lowest BCUT2D eigenvalue weighted by molar-refractivity contribution is -0.156. The van der Waals surface area contributed by atoms with Crippen molar-refractivity contribution >= 4 is 35.1 Å². The van der Waals surface area contributed by atoms with Gasteiger partial charge >= 0.3 is 12.4 Å². The maximum absolute atomic E-state index is 13.6. The summed E-state index contributed by atoms with van der Waals surface area (Å²) in [5.74, 6) is -3.89. The summed E-state index contributed by atoms with van der Waals surface area (Å²) in [6.45, 7) is 0. The molecule has 0 aliphatic heterocycles. The number of nitrogens with zero attached hydrogens (tertiary/aromatic N) is 1. The van der Waals surface area contributed by atoms with Crippen LogP contribution < -0.4 is 5.32 Å². The highest BCUT2D eigenvalue weighted by molar-refractivity contribution is 6.33. The molecule has 1 unspecified atom stereocenters. The molecular weight excluding hydrogens is 510 g/mol. The van der Waals surface area contributed by atoms with Crippen molar-refractivity contribution in [1.82, 2.24) is 4.98 Å². The number of ketones is 1. The number of alkyl halides is 6. The Labute approximate surface area is 206 Å². The van der Waals surface area contributed by atoms with E-state index in [1.807, 2.05) is 0 Å². The number of hydrogen-bond donors (Lipinski definition) is 1. The van der Waals surface area contributed by atoms with Gasteiger partial charge in [0.2, 0.25) is 0 Å². The maximum Gasteiger partial charge on any atom is 0.416 e. The van der Waals surface area contributed by atoms with Crippen LogP contribution in [0.4, 0.5) is 32.0 Å². The first-order chi connectivity index (χ1) is 16.8. The monoisotopic (exact) mass is 526 g/mol. The standard InChI is InChI=1S/C25H17ClF6N2O2/c26-22-20(8-3-11-33-22)23(36)34-18-7-1-4-15(12-18)9-10-19(35)14-21(25(30,31)32)16-5-2-6-17(13-16)24(27,28)29/h1-13,21H,14H2,(H,34,36)/b10-9+. The Morgan fingerprint density at radius 2 is 1.69 bits per heavy atom. The van der Waals surface area contributed by atoms with Crippen LogP contribution in [0.2, 0.25) is 5.15 Å². The third-order valence-electron chi connectivity index (χ3n) is 5.03. The van der Waals surface area contributed by atoms with Gasteiger partial charge in [0, 0.05) is 18.3 Å². The molecule has 1 atom stereocenters. The van der Waals surface area contributed by atoms with E-state index in [4.69, 9.17) is 11.6 Å². The molecule has 3 aromatic rings. The number of benzene rings is 2. The summed E-state index contributed by atoms with van der Waals surface area (Å²) >= 11 is 5.89. The Morgan fingerprint density at radius 3 is 2.36 bits per heavy atom. The van der Waals surface area contributed by atoms with Crippen LogP contribution in [0.3, 0.4) is 0 Å². The number of pyridine rings is 1. The van der Waals surface area contributed by atoms with Crippen LogP contribution >= 0.6 is 11.6 Å². The summed E-state index contributed by atoms with van der Waals surface area (Å²) in [7, 11) is 0. The molecule has 0 fully saturated rings. The molecule has 3 rings (SSSR count). The molecule has 0 saturated heterocycles. The third kappa shape index (κ3) is 7.17. The van der Waals surface area contributed by atoms with Gasteiger partial charge in [-0.05, 0) is 47.5 Å². The molecule has 1 N–H and O–H groups in total. The van der Waals surface area contributed by atoms with Crippen molar-refractivity contribution in [2.75, 3.05) is 5.32 Å². The number of amides is 1. The Hall–Kier alpha value is -3.66. The largest absolute Gasteiger partial charge is 0.416 e. The molecule has 188 valence electrons. The minimum Gasteiger partial charge on any atom is -0.322 e. The van der Waals surface area contributed by atoms with E-state index in [0.717, 1.165) is 18.2 Å².